The summed E-state index contributed by atoms with van der Waals surface area (Å²) in [5.41, 5.74) is 0.947. The van der Waals surface area contributed by atoms with Crippen molar-refractivity contribution in [3.63, 3.8) is 0 Å². The lowest BCUT2D eigenvalue weighted by atomic mass is 9.89. The molecule has 1 aliphatic heterocycles. The Labute approximate surface area is 100 Å². The van der Waals surface area contributed by atoms with Gasteiger partial charge in [-0.15, -0.1) is 0 Å². The molecule has 1 heterocycles. The van der Waals surface area contributed by atoms with Gasteiger partial charge in [0.25, 0.3) is 0 Å². The number of phenolic OH excluding ortho intramolecular Hbond substituents is 1. The molecule has 0 aromatic heterocycles. The van der Waals surface area contributed by atoms with Crippen molar-refractivity contribution in [3.05, 3.63) is 22.7 Å². The maximum absolute atomic E-state index is 9.90. The van der Waals surface area contributed by atoms with E-state index in [1.807, 2.05) is 6.07 Å². The van der Waals surface area contributed by atoms with Crippen molar-refractivity contribution in [1.29, 1.82) is 0 Å². The Morgan fingerprint density at radius 3 is 2.69 bits per heavy atom. The molecule has 88 valence electrons. The first-order chi connectivity index (χ1) is 7.72. The number of hydrogen-bond donors (Lipinski definition) is 2. The van der Waals surface area contributed by atoms with Crippen LogP contribution >= 0.6 is 11.6 Å². The highest BCUT2D eigenvalue weighted by atomic mass is 35.5. The summed E-state index contributed by atoms with van der Waals surface area (Å²) < 4.78 is 5.17. The lowest BCUT2D eigenvalue weighted by Gasteiger charge is -2.24. The normalized spacial score (nSPS) is 17.4. The molecule has 3 nitrogen and oxygen atoms in total. The van der Waals surface area contributed by atoms with E-state index in [0.717, 1.165) is 31.5 Å². The molecule has 0 radical (unpaired) electrons. The largest absolute Gasteiger partial charge is 0.508 e. The molecule has 1 aromatic rings. The lowest BCUT2D eigenvalue weighted by Crippen LogP contribution is -2.26. The summed E-state index contributed by atoms with van der Waals surface area (Å²) in [5, 5.41) is 13.7. The van der Waals surface area contributed by atoms with Gasteiger partial charge in [-0.1, -0.05) is 11.6 Å². The summed E-state index contributed by atoms with van der Waals surface area (Å²) in [6, 6.07) is 3.42. The van der Waals surface area contributed by atoms with Crippen LogP contribution in [0.5, 0.6) is 11.5 Å². The van der Waals surface area contributed by atoms with Crippen LogP contribution in [0.3, 0.4) is 0 Å². The zero-order valence-electron chi connectivity index (χ0n) is 9.29. The minimum atomic E-state index is 0.276. The van der Waals surface area contributed by atoms with Crippen LogP contribution in [0.1, 0.15) is 24.3 Å². The number of halogens is 1. The van der Waals surface area contributed by atoms with Gasteiger partial charge in [0, 0.05) is 11.6 Å². The van der Waals surface area contributed by atoms with Gasteiger partial charge in [0.15, 0.2) is 0 Å². The summed E-state index contributed by atoms with van der Waals surface area (Å²) in [6.45, 7) is 1.99. The Morgan fingerprint density at radius 2 is 2.06 bits per heavy atom. The predicted molar refractivity (Wildman–Crippen MR) is 64.5 cm³/mol. The van der Waals surface area contributed by atoms with E-state index in [1.165, 1.54) is 0 Å². The topological polar surface area (TPSA) is 41.5 Å². The van der Waals surface area contributed by atoms with Crippen molar-refractivity contribution in [2.24, 2.45) is 0 Å². The fraction of sp³-hybridized carbons (Fsp3) is 0.500. The van der Waals surface area contributed by atoms with Gasteiger partial charge in [0.2, 0.25) is 0 Å². The molecular weight excluding hydrogens is 226 g/mol. The van der Waals surface area contributed by atoms with Gasteiger partial charge in [0.05, 0.1) is 12.1 Å². The molecule has 2 N–H and O–H groups in total. The zero-order chi connectivity index (χ0) is 11.5. The van der Waals surface area contributed by atoms with E-state index in [4.69, 9.17) is 16.3 Å². The van der Waals surface area contributed by atoms with E-state index >= 15 is 0 Å². The van der Waals surface area contributed by atoms with E-state index < -0.39 is 0 Å². The molecule has 0 unspecified atom stereocenters. The first-order valence-corrected chi connectivity index (χ1v) is 5.87. The summed E-state index contributed by atoms with van der Waals surface area (Å²) in [4.78, 5) is 0. The first kappa shape index (κ1) is 11.6. The van der Waals surface area contributed by atoms with Gasteiger partial charge < -0.3 is 15.2 Å². The molecule has 16 heavy (non-hydrogen) atoms. The number of hydrogen-bond acceptors (Lipinski definition) is 3. The molecule has 0 atom stereocenters. The molecule has 1 aliphatic rings. The fourth-order valence-electron chi connectivity index (χ4n) is 2.17. The van der Waals surface area contributed by atoms with E-state index in [0.29, 0.717) is 16.7 Å². The second-order valence-corrected chi connectivity index (χ2v) is 4.48. The quantitative estimate of drug-likeness (QED) is 0.836. The molecule has 1 saturated heterocycles. The van der Waals surface area contributed by atoms with Crippen LogP contribution in [0.25, 0.3) is 0 Å². The van der Waals surface area contributed by atoms with Crippen molar-refractivity contribution in [2.75, 3.05) is 20.2 Å². The molecule has 4 heteroatoms. The van der Waals surface area contributed by atoms with Gasteiger partial charge in [-0.05, 0) is 37.9 Å². The van der Waals surface area contributed by atoms with Crippen molar-refractivity contribution in [3.8, 4) is 11.5 Å². The maximum atomic E-state index is 9.90. The second-order valence-electron chi connectivity index (χ2n) is 4.07. The van der Waals surface area contributed by atoms with Crippen LogP contribution in [0, 0.1) is 0 Å². The van der Waals surface area contributed by atoms with E-state index in [-0.39, 0.29) is 5.75 Å². The molecule has 0 bridgehead atoms. The number of aromatic hydroxyl groups is 1. The SMILES string of the molecule is COc1cc(C2CCNCC2)c(O)cc1Cl. The van der Waals surface area contributed by atoms with Gasteiger partial charge in [-0.25, -0.2) is 0 Å². The molecule has 0 spiro atoms. The number of methoxy groups -OCH3 is 1. The van der Waals surface area contributed by atoms with Crippen LogP contribution in [0.4, 0.5) is 0 Å². The third kappa shape index (κ3) is 2.25. The smallest absolute Gasteiger partial charge is 0.138 e. The van der Waals surface area contributed by atoms with Crippen LogP contribution in [0.15, 0.2) is 12.1 Å². The first-order valence-electron chi connectivity index (χ1n) is 5.49. The maximum Gasteiger partial charge on any atom is 0.138 e. The Morgan fingerprint density at radius 1 is 1.38 bits per heavy atom. The summed E-state index contributed by atoms with van der Waals surface area (Å²) in [6.07, 6.45) is 2.08. The van der Waals surface area contributed by atoms with Crippen molar-refractivity contribution >= 4 is 11.6 Å². The average Bonchev–Trinajstić information content (AvgIpc) is 2.30. The monoisotopic (exact) mass is 241 g/mol. The highest BCUT2D eigenvalue weighted by molar-refractivity contribution is 6.32. The Hall–Kier alpha value is -0.930. The Kier molecular flexibility index (Phi) is 3.56. The average molecular weight is 242 g/mol. The van der Waals surface area contributed by atoms with E-state index in [2.05, 4.69) is 5.32 Å². The molecule has 0 amide bonds. The Bertz CT molecular complexity index is 376. The van der Waals surface area contributed by atoms with Crippen molar-refractivity contribution in [2.45, 2.75) is 18.8 Å². The molecule has 0 saturated carbocycles. The third-order valence-corrected chi connectivity index (χ3v) is 3.38. The van der Waals surface area contributed by atoms with Gasteiger partial charge in [0.1, 0.15) is 11.5 Å². The highest BCUT2D eigenvalue weighted by Gasteiger charge is 2.20. The predicted octanol–water partition coefficient (Wildman–Crippen LogP) is 2.52. The molecular formula is C12H16ClNO2. The van der Waals surface area contributed by atoms with Crippen LogP contribution in [0.2, 0.25) is 5.02 Å². The molecule has 1 aromatic carbocycles. The third-order valence-electron chi connectivity index (χ3n) is 3.08. The minimum absolute atomic E-state index is 0.276. The van der Waals surface area contributed by atoms with Gasteiger partial charge >= 0.3 is 0 Å². The van der Waals surface area contributed by atoms with Crippen LogP contribution < -0.4 is 10.1 Å². The van der Waals surface area contributed by atoms with Gasteiger partial charge in [-0.2, -0.15) is 0 Å². The lowest BCUT2D eigenvalue weighted by molar-refractivity contribution is 0.401. The summed E-state index contributed by atoms with van der Waals surface area (Å²) in [7, 11) is 1.59. The minimum Gasteiger partial charge on any atom is -0.508 e. The number of piperidine rings is 1. The van der Waals surface area contributed by atoms with Crippen LogP contribution in [-0.4, -0.2) is 25.3 Å². The highest BCUT2D eigenvalue weighted by Crippen LogP contribution is 2.38. The number of phenols is 1. The standard InChI is InChI=1S/C12H16ClNO2/c1-16-12-6-9(11(15)7-10(12)13)8-2-4-14-5-3-8/h6-8,14-15H,2-5H2,1H3. The number of ether oxygens (including phenoxy) is 1. The summed E-state index contributed by atoms with van der Waals surface area (Å²) >= 11 is 5.94. The molecule has 0 aliphatic carbocycles. The zero-order valence-corrected chi connectivity index (χ0v) is 10.0. The molecule has 2 rings (SSSR count). The van der Waals surface area contributed by atoms with Crippen molar-refractivity contribution < 1.29 is 9.84 Å². The second kappa shape index (κ2) is 4.93. The fourth-order valence-corrected chi connectivity index (χ4v) is 2.41. The van der Waals surface area contributed by atoms with Crippen molar-refractivity contribution in [1.82, 2.24) is 5.32 Å². The number of rotatable bonds is 2. The van der Waals surface area contributed by atoms with E-state index in [9.17, 15) is 5.11 Å². The van der Waals surface area contributed by atoms with Gasteiger partial charge in [-0.3, -0.25) is 0 Å². The number of benzene rings is 1. The summed E-state index contributed by atoms with van der Waals surface area (Å²) in [5.74, 6) is 1.30. The number of nitrogens with one attached hydrogen (secondary N) is 1. The molecule has 1 fully saturated rings. The Balaban J connectivity index is 2.31. The van der Waals surface area contributed by atoms with Crippen LogP contribution in [-0.2, 0) is 0 Å². The van der Waals surface area contributed by atoms with E-state index in [1.54, 1.807) is 13.2 Å².